The summed E-state index contributed by atoms with van der Waals surface area (Å²) in [7, 11) is -2.98. The Morgan fingerprint density at radius 2 is 2.24 bits per heavy atom. The van der Waals surface area contributed by atoms with Crippen LogP contribution >= 0.6 is 23.1 Å². The predicted molar refractivity (Wildman–Crippen MR) is 92.9 cm³/mol. The van der Waals surface area contributed by atoms with E-state index < -0.39 is 9.84 Å². The van der Waals surface area contributed by atoms with Gasteiger partial charge in [-0.1, -0.05) is 6.92 Å². The van der Waals surface area contributed by atoms with E-state index in [1.54, 1.807) is 30.0 Å². The lowest BCUT2D eigenvalue weighted by Gasteiger charge is -2.34. The number of nitrogens with zero attached hydrogens (tertiary/aromatic N) is 1. The Morgan fingerprint density at radius 1 is 1.43 bits per heavy atom. The molecule has 120 valence electrons. The minimum atomic E-state index is -2.98. The van der Waals surface area contributed by atoms with E-state index in [1.807, 2.05) is 0 Å². The van der Waals surface area contributed by atoms with Gasteiger partial charge in [0.15, 0.2) is 9.84 Å². The van der Waals surface area contributed by atoms with Crippen LogP contribution in [0.2, 0.25) is 0 Å². The van der Waals surface area contributed by atoms with Gasteiger partial charge in [-0.25, -0.2) is 8.42 Å². The molecule has 21 heavy (non-hydrogen) atoms. The van der Waals surface area contributed by atoms with E-state index in [2.05, 4.69) is 29.3 Å². The first kappa shape index (κ1) is 17.3. The topological polar surface area (TPSA) is 49.4 Å². The van der Waals surface area contributed by atoms with Crippen LogP contribution < -0.4 is 5.32 Å². The highest BCUT2D eigenvalue weighted by molar-refractivity contribution is 8.01. The van der Waals surface area contributed by atoms with Crippen LogP contribution in [-0.2, 0) is 16.4 Å². The van der Waals surface area contributed by atoms with Gasteiger partial charge in [0.25, 0.3) is 0 Å². The Hall–Kier alpha value is -0.0800. The average Bonchev–Trinajstić information content (AvgIpc) is 2.89. The first-order valence-electron chi connectivity index (χ1n) is 7.32. The van der Waals surface area contributed by atoms with Gasteiger partial charge in [0, 0.05) is 53.2 Å². The number of thiophene rings is 1. The number of rotatable bonds is 7. The molecule has 1 aromatic rings. The molecule has 1 aromatic heterocycles. The van der Waals surface area contributed by atoms with Gasteiger partial charge in [-0.15, -0.1) is 11.3 Å². The summed E-state index contributed by atoms with van der Waals surface area (Å²) < 4.78 is 24.3. The Bertz CT molecular complexity index is 542. The summed E-state index contributed by atoms with van der Waals surface area (Å²) in [6.45, 7) is 7.22. The second kappa shape index (κ2) is 7.97. The molecule has 4 nitrogen and oxygen atoms in total. The van der Waals surface area contributed by atoms with Crippen molar-refractivity contribution in [2.75, 3.05) is 36.9 Å². The second-order valence-corrected chi connectivity index (χ2v) is 10.2. The maximum Gasteiger partial charge on any atom is 0.166 e. The number of hydrogen-bond donors (Lipinski definition) is 1. The summed E-state index contributed by atoms with van der Waals surface area (Å²) in [6.07, 6.45) is 0. The van der Waals surface area contributed by atoms with Gasteiger partial charge < -0.3 is 5.32 Å². The summed E-state index contributed by atoms with van der Waals surface area (Å²) in [6, 6.07) is 4.28. The van der Waals surface area contributed by atoms with Gasteiger partial charge in [0.1, 0.15) is 5.37 Å². The third-order valence-electron chi connectivity index (χ3n) is 3.68. The van der Waals surface area contributed by atoms with E-state index in [4.69, 9.17) is 0 Å². The third-order valence-corrected chi connectivity index (χ3v) is 8.01. The molecule has 1 unspecified atom stereocenters. The minimum Gasteiger partial charge on any atom is -0.311 e. The van der Waals surface area contributed by atoms with Gasteiger partial charge in [-0.05, 0) is 19.1 Å². The number of aryl methyl sites for hydroxylation is 1. The fourth-order valence-electron chi connectivity index (χ4n) is 2.41. The fourth-order valence-corrected chi connectivity index (χ4v) is 6.38. The average molecular weight is 349 g/mol. The van der Waals surface area contributed by atoms with E-state index in [9.17, 15) is 8.42 Å². The first-order valence-corrected chi connectivity index (χ1v) is 11.0. The Balaban J connectivity index is 1.80. The Labute approximate surface area is 136 Å². The number of sulfone groups is 1. The van der Waals surface area contributed by atoms with E-state index in [0.29, 0.717) is 5.75 Å². The standard InChI is InChI=1S/C14H24N2O2S3/c1-3-21(17,18)14-11-19-9-8-16(14)7-6-15-10-13-5-4-12(2)20-13/h4-5,14-15H,3,6-11H2,1-2H3. The lowest BCUT2D eigenvalue weighted by Crippen LogP contribution is -2.49. The maximum atomic E-state index is 12.1. The van der Waals surface area contributed by atoms with Crippen LogP contribution in [0.5, 0.6) is 0 Å². The van der Waals surface area contributed by atoms with Crippen molar-refractivity contribution in [2.24, 2.45) is 0 Å². The van der Waals surface area contributed by atoms with Crippen molar-refractivity contribution < 1.29 is 8.42 Å². The van der Waals surface area contributed by atoms with E-state index in [0.717, 1.165) is 31.9 Å². The van der Waals surface area contributed by atoms with Gasteiger partial charge >= 0.3 is 0 Å². The summed E-state index contributed by atoms with van der Waals surface area (Å²) in [4.78, 5) is 4.79. The monoisotopic (exact) mass is 348 g/mol. The zero-order valence-corrected chi connectivity index (χ0v) is 15.1. The Morgan fingerprint density at radius 3 is 2.90 bits per heavy atom. The first-order chi connectivity index (χ1) is 10.0. The molecular formula is C14H24N2O2S3. The smallest absolute Gasteiger partial charge is 0.166 e. The third kappa shape index (κ3) is 4.96. The molecule has 2 heterocycles. The molecule has 7 heteroatoms. The highest BCUT2D eigenvalue weighted by Crippen LogP contribution is 2.21. The van der Waals surface area contributed by atoms with E-state index >= 15 is 0 Å². The summed E-state index contributed by atoms with van der Waals surface area (Å²) >= 11 is 3.56. The second-order valence-electron chi connectivity index (χ2n) is 5.21. The molecule has 0 aromatic carbocycles. The SMILES string of the molecule is CCS(=O)(=O)C1CSCCN1CCNCc1ccc(C)s1. The number of thioether (sulfide) groups is 1. The van der Waals surface area contributed by atoms with Gasteiger partial charge in [0.2, 0.25) is 0 Å². The lowest BCUT2D eigenvalue weighted by atomic mass is 10.4. The van der Waals surface area contributed by atoms with Crippen LogP contribution in [0, 0.1) is 6.92 Å². The van der Waals surface area contributed by atoms with Crippen LogP contribution in [0.3, 0.4) is 0 Å². The van der Waals surface area contributed by atoms with Gasteiger partial charge in [-0.2, -0.15) is 11.8 Å². The molecule has 0 saturated carbocycles. The van der Waals surface area contributed by atoms with Crippen LogP contribution in [0.1, 0.15) is 16.7 Å². The normalized spacial score (nSPS) is 20.8. The highest BCUT2D eigenvalue weighted by Gasteiger charge is 2.32. The summed E-state index contributed by atoms with van der Waals surface area (Å²) in [5.74, 6) is 1.97. The van der Waals surface area contributed by atoms with Gasteiger partial charge in [0.05, 0.1) is 0 Å². The molecule has 1 N–H and O–H groups in total. The van der Waals surface area contributed by atoms with E-state index in [1.165, 1.54) is 9.75 Å². The van der Waals surface area contributed by atoms with Crippen molar-refractivity contribution in [3.63, 3.8) is 0 Å². The van der Waals surface area contributed by atoms with Crippen molar-refractivity contribution in [2.45, 2.75) is 25.8 Å². The zero-order valence-electron chi connectivity index (χ0n) is 12.7. The molecule has 1 atom stereocenters. The molecule has 0 spiro atoms. The Kier molecular flexibility index (Phi) is 6.55. The molecule has 1 saturated heterocycles. The van der Waals surface area contributed by atoms with Crippen LogP contribution in [-0.4, -0.2) is 55.6 Å². The number of nitrogens with one attached hydrogen (secondary N) is 1. The van der Waals surface area contributed by atoms with Crippen LogP contribution in [0.25, 0.3) is 0 Å². The molecule has 1 aliphatic heterocycles. The molecule has 0 aliphatic carbocycles. The largest absolute Gasteiger partial charge is 0.311 e. The number of hydrogen-bond acceptors (Lipinski definition) is 6. The quantitative estimate of drug-likeness (QED) is 0.763. The molecule has 1 fully saturated rings. The van der Waals surface area contributed by atoms with Crippen LogP contribution in [0.4, 0.5) is 0 Å². The predicted octanol–water partition coefficient (Wildman–Crippen LogP) is 1.96. The minimum absolute atomic E-state index is 0.233. The molecule has 0 amide bonds. The van der Waals surface area contributed by atoms with Crippen molar-refractivity contribution in [1.29, 1.82) is 0 Å². The van der Waals surface area contributed by atoms with Crippen molar-refractivity contribution in [3.05, 3.63) is 21.9 Å². The highest BCUT2D eigenvalue weighted by atomic mass is 32.2. The molecule has 0 radical (unpaired) electrons. The lowest BCUT2D eigenvalue weighted by molar-refractivity contribution is 0.269. The molecule has 2 rings (SSSR count). The maximum absolute atomic E-state index is 12.1. The van der Waals surface area contributed by atoms with Crippen molar-refractivity contribution in [1.82, 2.24) is 10.2 Å². The molecular weight excluding hydrogens is 324 g/mol. The van der Waals surface area contributed by atoms with Crippen molar-refractivity contribution >= 4 is 32.9 Å². The van der Waals surface area contributed by atoms with Crippen molar-refractivity contribution in [3.8, 4) is 0 Å². The van der Waals surface area contributed by atoms with Crippen LogP contribution in [0.15, 0.2) is 12.1 Å². The fraction of sp³-hybridized carbons (Fsp3) is 0.714. The van der Waals surface area contributed by atoms with E-state index in [-0.39, 0.29) is 11.1 Å². The summed E-state index contributed by atoms with van der Waals surface area (Å²) in [5.41, 5.74) is 0. The zero-order chi connectivity index (χ0) is 15.3. The summed E-state index contributed by atoms with van der Waals surface area (Å²) in [5, 5.41) is 3.12. The molecule has 1 aliphatic rings. The van der Waals surface area contributed by atoms with Gasteiger partial charge in [-0.3, -0.25) is 4.90 Å². The molecule has 0 bridgehead atoms.